The number of carbonyl (C=O) groups excluding carboxylic acids is 2. The van der Waals surface area contributed by atoms with Crippen molar-refractivity contribution in [1.82, 2.24) is 25.4 Å². The molecule has 32 heavy (non-hydrogen) atoms. The molecule has 3 atom stereocenters. The van der Waals surface area contributed by atoms with Crippen molar-refractivity contribution in [3.63, 3.8) is 0 Å². The Kier molecular flexibility index (Phi) is 4.52. The van der Waals surface area contributed by atoms with Gasteiger partial charge in [0.05, 0.1) is 17.7 Å². The second kappa shape index (κ2) is 7.43. The van der Waals surface area contributed by atoms with E-state index in [0.29, 0.717) is 18.6 Å². The summed E-state index contributed by atoms with van der Waals surface area (Å²) in [6.45, 7) is 0.367. The topological polar surface area (TPSA) is 91.0 Å². The summed E-state index contributed by atoms with van der Waals surface area (Å²) in [5.74, 6) is 0.484. The van der Waals surface area contributed by atoms with Crippen LogP contribution in [0.25, 0.3) is 11.0 Å². The SMILES string of the molecule is O=C(C1CC1)N1[C@@H]2CC[C@H]1[C@@](Cc1ccccc1)(C(=O)NCc1[nH]nc3ncccc13)C2. The van der Waals surface area contributed by atoms with Crippen molar-refractivity contribution in [1.29, 1.82) is 0 Å². The molecule has 0 unspecified atom stereocenters. The Labute approximate surface area is 186 Å². The van der Waals surface area contributed by atoms with Crippen molar-refractivity contribution in [2.75, 3.05) is 0 Å². The van der Waals surface area contributed by atoms with Crippen molar-refractivity contribution in [2.24, 2.45) is 11.3 Å². The molecule has 7 heteroatoms. The third kappa shape index (κ3) is 3.10. The average molecular weight is 430 g/mol. The standard InChI is InChI=1S/C25H27N5O2/c31-23(17-8-9-17)30-18-10-11-21(30)25(14-18,13-16-5-2-1-3-6-16)24(32)27-15-20-19-7-4-12-26-22(19)29-28-20/h1-7,12,17-18,21H,8-11,13-15H2,(H,27,32)(H,26,28,29)/t18-,21+,25+/m1/s1. The highest BCUT2D eigenvalue weighted by Crippen LogP contribution is 2.53. The number of nitrogens with one attached hydrogen (secondary N) is 2. The normalized spacial score (nSPS) is 26.6. The van der Waals surface area contributed by atoms with Crippen LogP contribution in [0.3, 0.4) is 0 Å². The van der Waals surface area contributed by atoms with Crippen LogP contribution in [0.4, 0.5) is 0 Å². The van der Waals surface area contributed by atoms with E-state index in [1.165, 1.54) is 0 Å². The first-order valence-electron chi connectivity index (χ1n) is 11.6. The number of pyridine rings is 1. The molecule has 3 aliphatic rings. The molecule has 2 amide bonds. The lowest BCUT2D eigenvalue weighted by atomic mass is 9.69. The van der Waals surface area contributed by atoms with Crippen molar-refractivity contribution >= 4 is 22.8 Å². The fraction of sp³-hybridized carbons (Fsp3) is 0.440. The van der Waals surface area contributed by atoms with E-state index in [4.69, 9.17) is 0 Å². The molecular weight excluding hydrogens is 402 g/mol. The minimum atomic E-state index is -0.594. The van der Waals surface area contributed by atoms with Crippen LogP contribution in [-0.4, -0.2) is 44.0 Å². The molecule has 2 bridgehead atoms. The Balaban J connectivity index is 1.29. The number of aromatic amines is 1. The quantitative estimate of drug-likeness (QED) is 0.630. The number of hydrogen-bond donors (Lipinski definition) is 2. The summed E-state index contributed by atoms with van der Waals surface area (Å²) in [5.41, 5.74) is 2.05. The van der Waals surface area contributed by atoms with Crippen molar-refractivity contribution < 1.29 is 9.59 Å². The van der Waals surface area contributed by atoms with E-state index in [0.717, 1.165) is 48.7 Å². The van der Waals surface area contributed by atoms with Crippen molar-refractivity contribution in [3.8, 4) is 0 Å². The maximum Gasteiger partial charge on any atom is 0.229 e. The van der Waals surface area contributed by atoms with Crippen LogP contribution in [0.15, 0.2) is 48.7 Å². The molecule has 2 aromatic heterocycles. The maximum atomic E-state index is 13.8. The highest BCUT2D eigenvalue weighted by molar-refractivity contribution is 5.89. The van der Waals surface area contributed by atoms with Crippen molar-refractivity contribution in [2.45, 2.75) is 57.2 Å². The zero-order valence-corrected chi connectivity index (χ0v) is 18.0. The number of carbonyl (C=O) groups is 2. The molecule has 1 aromatic carbocycles. The van der Waals surface area contributed by atoms with E-state index < -0.39 is 5.41 Å². The van der Waals surface area contributed by atoms with Crippen LogP contribution in [0, 0.1) is 11.3 Å². The lowest BCUT2D eigenvalue weighted by Crippen LogP contribution is -2.51. The Bertz CT molecular complexity index is 1170. The maximum absolute atomic E-state index is 13.8. The van der Waals surface area contributed by atoms with Gasteiger partial charge in [-0.1, -0.05) is 30.3 Å². The second-order valence-electron chi connectivity index (χ2n) is 9.55. The molecule has 2 saturated heterocycles. The zero-order chi connectivity index (χ0) is 21.7. The van der Waals surface area contributed by atoms with Gasteiger partial charge in [-0.3, -0.25) is 14.7 Å². The Hall–Kier alpha value is -3.22. The van der Waals surface area contributed by atoms with Gasteiger partial charge in [0.25, 0.3) is 0 Å². The van der Waals surface area contributed by atoms with Gasteiger partial charge in [0.1, 0.15) is 0 Å². The van der Waals surface area contributed by atoms with Gasteiger partial charge >= 0.3 is 0 Å². The predicted octanol–water partition coefficient (Wildman–Crippen LogP) is 2.98. The first-order chi connectivity index (χ1) is 15.7. The van der Waals surface area contributed by atoms with Gasteiger partial charge in [-0.25, -0.2) is 4.98 Å². The number of benzene rings is 1. The molecule has 6 rings (SSSR count). The summed E-state index contributed by atoms with van der Waals surface area (Å²) in [6.07, 6.45) is 7.00. The monoisotopic (exact) mass is 429 g/mol. The first-order valence-corrected chi connectivity index (χ1v) is 11.6. The number of H-pyrrole nitrogens is 1. The van der Waals surface area contributed by atoms with E-state index in [9.17, 15) is 9.59 Å². The molecule has 1 aliphatic carbocycles. The number of nitrogens with zero attached hydrogens (tertiary/aromatic N) is 3. The van der Waals surface area contributed by atoms with Gasteiger partial charge in [0.15, 0.2) is 5.65 Å². The zero-order valence-electron chi connectivity index (χ0n) is 18.0. The summed E-state index contributed by atoms with van der Waals surface area (Å²) < 4.78 is 0. The van der Waals surface area contributed by atoms with Gasteiger partial charge in [-0.05, 0) is 56.2 Å². The molecule has 164 valence electrons. The van der Waals surface area contributed by atoms with Gasteiger partial charge in [0, 0.05) is 29.6 Å². The van der Waals surface area contributed by atoms with Gasteiger partial charge in [-0.2, -0.15) is 5.10 Å². The summed E-state index contributed by atoms with van der Waals surface area (Å²) in [5, 5.41) is 11.4. The van der Waals surface area contributed by atoms with Crippen LogP contribution in [0.5, 0.6) is 0 Å². The van der Waals surface area contributed by atoms with E-state index in [1.54, 1.807) is 6.20 Å². The third-order valence-corrected chi connectivity index (χ3v) is 7.57. The summed E-state index contributed by atoms with van der Waals surface area (Å²) >= 11 is 0. The summed E-state index contributed by atoms with van der Waals surface area (Å²) in [7, 11) is 0. The van der Waals surface area contributed by atoms with E-state index in [-0.39, 0.29) is 29.8 Å². The van der Waals surface area contributed by atoms with Crippen LogP contribution < -0.4 is 5.32 Å². The Morgan fingerprint density at radius 1 is 1.09 bits per heavy atom. The minimum Gasteiger partial charge on any atom is -0.350 e. The molecule has 1 saturated carbocycles. The molecule has 4 heterocycles. The Morgan fingerprint density at radius 2 is 1.94 bits per heavy atom. The van der Waals surface area contributed by atoms with Gasteiger partial charge in [0.2, 0.25) is 11.8 Å². The van der Waals surface area contributed by atoms with E-state index in [2.05, 4.69) is 37.5 Å². The number of amides is 2. The first kappa shape index (κ1) is 19.5. The smallest absolute Gasteiger partial charge is 0.229 e. The number of hydrogen-bond acceptors (Lipinski definition) is 4. The summed E-state index contributed by atoms with van der Waals surface area (Å²) in [4.78, 5) is 33.3. The largest absolute Gasteiger partial charge is 0.350 e. The average Bonchev–Trinajstić information content (AvgIpc) is 3.37. The van der Waals surface area contributed by atoms with Crippen LogP contribution in [-0.2, 0) is 22.6 Å². The lowest BCUT2D eigenvalue weighted by molar-refractivity contribution is -0.137. The minimum absolute atomic E-state index is 0.0269. The Morgan fingerprint density at radius 3 is 2.75 bits per heavy atom. The van der Waals surface area contributed by atoms with Crippen LogP contribution >= 0.6 is 0 Å². The molecule has 7 nitrogen and oxygen atoms in total. The summed E-state index contributed by atoms with van der Waals surface area (Å²) in [6, 6.07) is 14.2. The van der Waals surface area contributed by atoms with Crippen LogP contribution in [0.2, 0.25) is 0 Å². The van der Waals surface area contributed by atoms with Gasteiger partial charge in [-0.15, -0.1) is 0 Å². The van der Waals surface area contributed by atoms with Crippen LogP contribution in [0.1, 0.15) is 43.4 Å². The van der Waals surface area contributed by atoms with Gasteiger partial charge < -0.3 is 10.2 Å². The molecule has 3 aromatic rings. The molecule has 2 N–H and O–H groups in total. The number of aromatic nitrogens is 3. The predicted molar refractivity (Wildman–Crippen MR) is 119 cm³/mol. The lowest BCUT2D eigenvalue weighted by Gasteiger charge is -2.36. The molecular formula is C25H27N5O2. The molecule has 2 aliphatic heterocycles. The molecule has 3 fully saturated rings. The number of fused-ring (bicyclic) bond motifs is 3. The fourth-order valence-corrected chi connectivity index (χ4v) is 5.91. The fourth-order valence-electron chi connectivity index (χ4n) is 5.91. The second-order valence-corrected chi connectivity index (χ2v) is 9.55. The molecule has 0 spiro atoms. The third-order valence-electron chi connectivity index (χ3n) is 7.57. The van der Waals surface area contributed by atoms with E-state index >= 15 is 0 Å². The van der Waals surface area contributed by atoms with E-state index in [1.807, 2.05) is 30.3 Å². The van der Waals surface area contributed by atoms with Crippen molar-refractivity contribution in [3.05, 3.63) is 59.9 Å². The molecule has 0 radical (unpaired) electrons. The number of rotatable bonds is 6. The highest BCUT2D eigenvalue weighted by Gasteiger charge is 2.61. The highest BCUT2D eigenvalue weighted by atomic mass is 16.2.